The number of halogens is 2. The molecule has 0 bridgehead atoms. The second-order valence-electron chi connectivity index (χ2n) is 12.0. The zero-order valence-electron chi connectivity index (χ0n) is 28.1. The van der Waals surface area contributed by atoms with Crippen LogP contribution in [-0.2, 0) is 20.8 Å². The summed E-state index contributed by atoms with van der Waals surface area (Å²) in [4.78, 5) is 55.7. The predicted molar refractivity (Wildman–Crippen MR) is 189 cm³/mol. The number of ether oxygens (including phenoxy) is 3. The number of nitrogens with one attached hydrogen (secondary N) is 3. The molecule has 0 saturated carbocycles. The SMILES string of the molecule is C[C@H](COc1c(F)cccc1Oc1ccc(Cl)cc1)NC(=O)[C@@H]1CC(=O)N[C@H](Cc2ccccc2)C(=O)N(C)CCOc2ccccc2C(=O)N1. The summed E-state index contributed by atoms with van der Waals surface area (Å²) in [6.07, 6.45) is -0.278. The lowest BCUT2D eigenvalue weighted by molar-refractivity contribution is -0.136. The zero-order valence-corrected chi connectivity index (χ0v) is 28.8. The van der Waals surface area contributed by atoms with Crippen LogP contribution in [0.3, 0.4) is 0 Å². The van der Waals surface area contributed by atoms with Gasteiger partial charge < -0.3 is 35.1 Å². The standard InChI is InChI=1S/C38H38ClFN4O7/c1-24(23-50-35-29(40)12-8-14-33(35)51-27-17-15-26(39)16-18-27)41-37(47)30-22-34(45)42-31(21-25-9-4-3-5-10-25)38(48)44(2)19-20-49-32-13-7-6-11-28(32)36(46)43-30/h3-18,24,30-31H,19-23H2,1-2H3,(H,41,47)(H,42,45)(H,43,46)/t24-,30+,31-/m1/s1. The van der Waals surface area contributed by atoms with Gasteiger partial charge in [0, 0.05) is 18.5 Å². The first-order valence-corrected chi connectivity index (χ1v) is 16.7. The first-order chi connectivity index (χ1) is 24.6. The van der Waals surface area contributed by atoms with Gasteiger partial charge in [0.1, 0.15) is 36.8 Å². The summed E-state index contributed by atoms with van der Waals surface area (Å²) in [5, 5.41) is 8.66. The minimum absolute atomic E-state index is 0.0778. The molecule has 0 aromatic heterocycles. The number of carbonyl (C=O) groups is 4. The van der Waals surface area contributed by atoms with Crippen LogP contribution in [0.1, 0.15) is 29.3 Å². The lowest BCUT2D eigenvalue weighted by Crippen LogP contribution is -2.54. The van der Waals surface area contributed by atoms with Gasteiger partial charge in [-0.3, -0.25) is 19.2 Å². The highest BCUT2D eigenvalue weighted by Crippen LogP contribution is 2.34. The number of fused-ring (bicyclic) bond motifs is 1. The van der Waals surface area contributed by atoms with Gasteiger partial charge in [-0.2, -0.15) is 0 Å². The fourth-order valence-corrected chi connectivity index (χ4v) is 5.44. The van der Waals surface area contributed by atoms with E-state index in [4.69, 9.17) is 25.8 Å². The molecule has 1 aliphatic heterocycles. The molecule has 11 nitrogen and oxygen atoms in total. The topological polar surface area (TPSA) is 135 Å². The maximum atomic E-state index is 14.9. The van der Waals surface area contributed by atoms with Crippen LogP contribution in [0.4, 0.5) is 4.39 Å². The van der Waals surface area contributed by atoms with Gasteiger partial charge >= 0.3 is 0 Å². The van der Waals surface area contributed by atoms with E-state index in [9.17, 15) is 23.6 Å². The Kier molecular flexibility index (Phi) is 12.5. The van der Waals surface area contributed by atoms with Gasteiger partial charge in [-0.15, -0.1) is 0 Å². The first-order valence-electron chi connectivity index (χ1n) is 16.3. The lowest BCUT2D eigenvalue weighted by Gasteiger charge is -2.27. The number of hydrogen-bond acceptors (Lipinski definition) is 7. The van der Waals surface area contributed by atoms with Crippen molar-refractivity contribution in [2.75, 3.05) is 26.8 Å². The molecule has 1 aliphatic rings. The van der Waals surface area contributed by atoms with Crippen molar-refractivity contribution in [2.24, 2.45) is 0 Å². The highest BCUT2D eigenvalue weighted by Gasteiger charge is 2.31. The average Bonchev–Trinajstić information content (AvgIpc) is 3.11. The van der Waals surface area contributed by atoms with Crippen LogP contribution in [0.15, 0.2) is 97.1 Å². The van der Waals surface area contributed by atoms with Crippen molar-refractivity contribution in [1.29, 1.82) is 0 Å². The number of amides is 4. The van der Waals surface area contributed by atoms with Crippen LogP contribution in [0, 0.1) is 5.82 Å². The molecule has 3 atom stereocenters. The Balaban J connectivity index is 1.32. The number of carbonyl (C=O) groups excluding carboxylic acids is 4. The Morgan fingerprint density at radius 2 is 1.71 bits per heavy atom. The zero-order chi connectivity index (χ0) is 36.3. The van der Waals surface area contributed by atoms with Gasteiger partial charge in [0.2, 0.25) is 17.7 Å². The second-order valence-corrected chi connectivity index (χ2v) is 12.4. The van der Waals surface area contributed by atoms with E-state index in [1.165, 1.54) is 29.2 Å². The summed E-state index contributed by atoms with van der Waals surface area (Å²) in [6.45, 7) is 1.71. The predicted octanol–water partition coefficient (Wildman–Crippen LogP) is 4.92. The Morgan fingerprint density at radius 1 is 0.980 bits per heavy atom. The molecule has 0 aliphatic carbocycles. The quantitative estimate of drug-likeness (QED) is 0.224. The molecule has 1 heterocycles. The van der Waals surface area contributed by atoms with E-state index >= 15 is 0 Å². The Hall–Kier alpha value is -5.62. The van der Waals surface area contributed by atoms with E-state index in [0.717, 1.165) is 5.56 Å². The van der Waals surface area contributed by atoms with Gasteiger partial charge in [0.25, 0.3) is 5.91 Å². The molecule has 51 heavy (non-hydrogen) atoms. The fourth-order valence-electron chi connectivity index (χ4n) is 5.32. The number of benzene rings is 4. The highest BCUT2D eigenvalue weighted by molar-refractivity contribution is 6.30. The molecule has 4 aromatic carbocycles. The van der Waals surface area contributed by atoms with Crippen LogP contribution in [0.25, 0.3) is 0 Å². The maximum absolute atomic E-state index is 14.9. The van der Waals surface area contributed by atoms with Crippen LogP contribution >= 0.6 is 11.6 Å². The summed E-state index contributed by atoms with van der Waals surface area (Å²) in [5.74, 6) is -2.39. The third-order valence-corrected chi connectivity index (χ3v) is 8.21. The lowest BCUT2D eigenvalue weighted by atomic mass is 10.0. The molecule has 4 aromatic rings. The third kappa shape index (κ3) is 10.2. The number of rotatable bonds is 9. The number of para-hydroxylation sites is 2. The molecule has 0 radical (unpaired) electrons. The van der Waals surface area contributed by atoms with Gasteiger partial charge in [0.05, 0.1) is 24.6 Å². The monoisotopic (exact) mass is 716 g/mol. The largest absolute Gasteiger partial charge is 0.491 e. The summed E-state index contributed by atoms with van der Waals surface area (Å²) in [6, 6.07) is 23.4. The molecule has 0 unspecified atom stereocenters. The molecule has 0 saturated heterocycles. The minimum atomic E-state index is -1.36. The van der Waals surface area contributed by atoms with Crippen LogP contribution in [-0.4, -0.2) is 73.5 Å². The molecule has 4 amide bonds. The molecule has 13 heteroatoms. The van der Waals surface area contributed by atoms with E-state index in [-0.39, 0.29) is 54.9 Å². The van der Waals surface area contributed by atoms with E-state index in [0.29, 0.717) is 10.8 Å². The van der Waals surface area contributed by atoms with Crippen molar-refractivity contribution in [3.63, 3.8) is 0 Å². The molecule has 0 spiro atoms. The minimum Gasteiger partial charge on any atom is -0.491 e. The van der Waals surface area contributed by atoms with Crippen LogP contribution in [0.2, 0.25) is 5.02 Å². The number of hydrogen-bond donors (Lipinski definition) is 3. The molecule has 266 valence electrons. The Morgan fingerprint density at radius 3 is 2.47 bits per heavy atom. The van der Waals surface area contributed by atoms with E-state index in [2.05, 4.69) is 16.0 Å². The second kappa shape index (κ2) is 17.3. The highest BCUT2D eigenvalue weighted by atomic mass is 35.5. The van der Waals surface area contributed by atoms with Crippen molar-refractivity contribution in [1.82, 2.24) is 20.9 Å². The van der Waals surface area contributed by atoms with E-state index < -0.39 is 48.1 Å². The van der Waals surface area contributed by atoms with Crippen LogP contribution < -0.4 is 30.2 Å². The molecular weight excluding hydrogens is 679 g/mol. The van der Waals surface area contributed by atoms with Gasteiger partial charge in [-0.05, 0) is 61.0 Å². The molecule has 5 rings (SSSR count). The van der Waals surface area contributed by atoms with Gasteiger partial charge in [0.15, 0.2) is 17.3 Å². The summed E-state index contributed by atoms with van der Waals surface area (Å²) in [7, 11) is 1.61. The number of nitrogens with zero attached hydrogens (tertiary/aromatic N) is 1. The molecular formula is C38H38ClFN4O7. The number of likely N-dealkylation sites (N-methyl/N-ethyl adjacent to an activating group) is 1. The Labute approximate surface area is 300 Å². The normalized spacial score (nSPS) is 17.5. The van der Waals surface area contributed by atoms with Crippen molar-refractivity contribution in [3.8, 4) is 23.0 Å². The van der Waals surface area contributed by atoms with Gasteiger partial charge in [-0.1, -0.05) is 60.1 Å². The summed E-state index contributed by atoms with van der Waals surface area (Å²) < 4.78 is 32.3. The van der Waals surface area contributed by atoms with E-state index in [1.54, 1.807) is 56.4 Å². The van der Waals surface area contributed by atoms with Crippen molar-refractivity contribution >= 4 is 35.2 Å². The van der Waals surface area contributed by atoms with E-state index in [1.807, 2.05) is 30.3 Å². The average molecular weight is 717 g/mol. The smallest absolute Gasteiger partial charge is 0.255 e. The molecule has 0 fully saturated rings. The third-order valence-electron chi connectivity index (χ3n) is 7.96. The fraction of sp³-hybridized carbons (Fsp3) is 0.263. The van der Waals surface area contributed by atoms with Crippen molar-refractivity contribution in [2.45, 2.75) is 37.9 Å². The maximum Gasteiger partial charge on any atom is 0.255 e. The Bertz CT molecular complexity index is 1840. The van der Waals surface area contributed by atoms with Crippen LogP contribution in [0.5, 0.6) is 23.0 Å². The summed E-state index contributed by atoms with van der Waals surface area (Å²) >= 11 is 5.96. The van der Waals surface area contributed by atoms with Gasteiger partial charge in [-0.25, -0.2) is 4.39 Å². The van der Waals surface area contributed by atoms with Crippen molar-refractivity contribution in [3.05, 3.63) is 119 Å². The first kappa shape index (κ1) is 36.7. The molecule has 3 N–H and O–H groups in total. The van der Waals surface area contributed by atoms with Crippen molar-refractivity contribution < 1.29 is 37.8 Å². The summed E-state index contributed by atoms with van der Waals surface area (Å²) in [5.41, 5.74) is 0.969.